The molecule has 0 fully saturated rings. The zero-order valence-electron chi connectivity index (χ0n) is 7.45. The van der Waals surface area contributed by atoms with Gasteiger partial charge in [0.15, 0.2) is 0 Å². The highest BCUT2D eigenvalue weighted by molar-refractivity contribution is 4.48. The molecule has 0 N–H and O–H groups in total. The van der Waals surface area contributed by atoms with Crippen LogP contribution in [0.25, 0.3) is 0 Å². The van der Waals surface area contributed by atoms with Gasteiger partial charge in [0.1, 0.15) is 6.61 Å². The molecule has 0 atom stereocenters. The van der Waals surface area contributed by atoms with Crippen LogP contribution in [0, 0.1) is 5.92 Å². The predicted octanol–water partition coefficient (Wildman–Crippen LogP) is 3.00. The maximum absolute atomic E-state index is 11.5. The number of hydrogen-bond donors (Lipinski definition) is 0. The molecule has 0 bridgehead atoms. The number of alkyl halides is 3. The summed E-state index contributed by atoms with van der Waals surface area (Å²) in [6.07, 6.45) is -2.57. The van der Waals surface area contributed by atoms with Crippen LogP contribution in [0.1, 0.15) is 26.7 Å². The summed E-state index contributed by atoms with van der Waals surface area (Å²) in [7, 11) is 0. The van der Waals surface area contributed by atoms with Gasteiger partial charge in [-0.2, -0.15) is 13.2 Å². The maximum atomic E-state index is 11.5. The SMILES string of the molecule is CC(C)CCCOCC(F)(F)F. The zero-order valence-corrected chi connectivity index (χ0v) is 7.45. The number of rotatable bonds is 5. The van der Waals surface area contributed by atoms with Gasteiger partial charge in [0.25, 0.3) is 0 Å². The molecule has 4 heteroatoms. The van der Waals surface area contributed by atoms with Crippen molar-refractivity contribution in [2.75, 3.05) is 13.2 Å². The normalized spacial score (nSPS) is 12.5. The van der Waals surface area contributed by atoms with Gasteiger partial charge in [-0.05, 0) is 18.8 Å². The van der Waals surface area contributed by atoms with E-state index in [1.807, 2.05) is 13.8 Å². The molecular formula is C8H15F3O. The standard InChI is InChI=1S/C8H15F3O/c1-7(2)4-3-5-12-6-8(9,10)11/h7H,3-6H2,1-2H3. The summed E-state index contributed by atoms with van der Waals surface area (Å²) in [5.41, 5.74) is 0. The summed E-state index contributed by atoms with van der Waals surface area (Å²) in [6.45, 7) is 3.15. The van der Waals surface area contributed by atoms with Crippen LogP contribution in [0.15, 0.2) is 0 Å². The lowest BCUT2D eigenvalue weighted by Crippen LogP contribution is -2.17. The average molecular weight is 184 g/mol. The molecule has 0 aromatic carbocycles. The Kier molecular flexibility index (Phi) is 5.29. The second-order valence-electron chi connectivity index (χ2n) is 3.20. The third-order valence-electron chi connectivity index (χ3n) is 1.34. The second kappa shape index (κ2) is 5.41. The van der Waals surface area contributed by atoms with Crippen LogP contribution in [-0.2, 0) is 4.74 Å². The molecule has 0 saturated heterocycles. The smallest absolute Gasteiger partial charge is 0.372 e. The Bertz CT molecular complexity index is 109. The van der Waals surface area contributed by atoms with Gasteiger partial charge in [-0.1, -0.05) is 13.8 Å². The van der Waals surface area contributed by atoms with Crippen LogP contribution >= 0.6 is 0 Å². The van der Waals surface area contributed by atoms with Crippen LogP contribution in [0.5, 0.6) is 0 Å². The molecule has 0 aliphatic rings. The maximum Gasteiger partial charge on any atom is 0.411 e. The molecule has 0 radical (unpaired) electrons. The first-order chi connectivity index (χ1) is 5.42. The molecule has 0 rings (SSSR count). The lowest BCUT2D eigenvalue weighted by molar-refractivity contribution is -0.174. The molecule has 0 aliphatic heterocycles. The Morgan fingerprint density at radius 3 is 2.25 bits per heavy atom. The molecular weight excluding hydrogens is 169 g/mol. The van der Waals surface area contributed by atoms with Gasteiger partial charge in [-0.25, -0.2) is 0 Å². The highest BCUT2D eigenvalue weighted by Gasteiger charge is 2.27. The fourth-order valence-corrected chi connectivity index (χ4v) is 0.782. The molecule has 0 spiro atoms. The van der Waals surface area contributed by atoms with E-state index in [4.69, 9.17) is 0 Å². The highest BCUT2D eigenvalue weighted by Crippen LogP contribution is 2.14. The van der Waals surface area contributed by atoms with Crippen molar-refractivity contribution in [1.82, 2.24) is 0 Å². The van der Waals surface area contributed by atoms with E-state index in [2.05, 4.69) is 4.74 Å². The molecule has 0 unspecified atom stereocenters. The van der Waals surface area contributed by atoms with Gasteiger partial charge < -0.3 is 4.74 Å². The van der Waals surface area contributed by atoms with Crippen molar-refractivity contribution in [3.8, 4) is 0 Å². The first-order valence-electron chi connectivity index (χ1n) is 4.06. The first kappa shape index (κ1) is 11.8. The Morgan fingerprint density at radius 2 is 1.83 bits per heavy atom. The van der Waals surface area contributed by atoms with E-state index in [9.17, 15) is 13.2 Å². The lowest BCUT2D eigenvalue weighted by Gasteiger charge is -2.08. The van der Waals surface area contributed by atoms with Crippen LogP contribution in [0.4, 0.5) is 13.2 Å². The minimum Gasteiger partial charge on any atom is -0.372 e. The van der Waals surface area contributed by atoms with Gasteiger partial charge >= 0.3 is 6.18 Å². The lowest BCUT2D eigenvalue weighted by atomic mass is 10.1. The first-order valence-corrected chi connectivity index (χ1v) is 4.06. The summed E-state index contributed by atoms with van der Waals surface area (Å²) in [5.74, 6) is 0.527. The van der Waals surface area contributed by atoms with E-state index >= 15 is 0 Å². The van der Waals surface area contributed by atoms with Crippen molar-refractivity contribution < 1.29 is 17.9 Å². The number of ether oxygens (including phenoxy) is 1. The summed E-state index contributed by atoms with van der Waals surface area (Å²) in [5, 5.41) is 0. The fourth-order valence-electron chi connectivity index (χ4n) is 0.782. The largest absolute Gasteiger partial charge is 0.411 e. The molecule has 12 heavy (non-hydrogen) atoms. The van der Waals surface area contributed by atoms with Crippen LogP contribution in [0.2, 0.25) is 0 Å². The van der Waals surface area contributed by atoms with Crippen molar-refractivity contribution in [1.29, 1.82) is 0 Å². The van der Waals surface area contributed by atoms with E-state index in [0.29, 0.717) is 12.3 Å². The van der Waals surface area contributed by atoms with Gasteiger partial charge in [0, 0.05) is 6.61 Å². The Hall–Kier alpha value is -0.250. The van der Waals surface area contributed by atoms with Gasteiger partial charge in [-0.15, -0.1) is 0 Å². The van der Waals surface area contributed by atoms with Gasteiger partial charge in [0.2, 0.25) is 0 Å². The summed E-state index contributed by atoms with van der Waals surface area (Å²) >= 11 is 0. The Labute approximate surface area is 70.9 Å². The quantitative estimate of drug-likeness (QED) is 0.597. The van der Waals surface area contributed by atoms with Crippen LogP contribution in [0.3, 0.4) is 0 Å². The highest BCUT2D eigenvalue weighted by atomic mass is 19.4. The summed E-state index contributed by atoms with van der Waals surface area (Å²) in [4.78, 5) is 0. The summed E-state index contributed by atoms with van der Waals surface area (Å²) in [6, 6.07) is 0. The monoisotopic (exact) mass is 184 g/mol. The van der Waals surface area contributed by atoms with Crippen molar-refractivity contribution in [2.45, 2.75) is 32.9 Å². The number of halogens is 3. The van der Waals surface area contributed by atoms with Crippen molar-refractivity contribution >= 4 is 0 Å². The fraction of sp³-hybridized carbons (Fsp3) is 1.00. The molecule has 1 nitrogen and oxygen atoms in total. The topological polar surface area (TPSA) is 9.23 Å². The van der Waals surface area contributed by atoms with Crippen LogP contribution in [-0.4, -0.2) is 19.4 Å². The Balaban J connectivity index is 3.12. The summed E-state index contributed by atoms with van der Waals surface area (Å²) < 4.78 is 39.0. The van der Waals surface area contributed by atoms with E-state index in [1.165, 1.54) is 0 Å². The van der Waals surface area contributed by atoms with Crippen molar-refractivity contribution in [2.24, 2.45) is 5.92 Å². The molecule has 0 aromatic heterocycles. The minimum atomic E-state index is -4.18. The molecule has 0 aliphatic carbocycles. The van der Waals surface area contributed by atoms with Crippen molar-refractivity contribution in [3.63, 3.8) is 0 Å². The molecule has 0 heterocycles. The Morgan fingerprint density at radius 1 is 1.25 bits per heavy atom. The van der Waals surface area contributed by atoms with Crippen molar-refractivity contribution in [3.05, 3.63) is 0 Å². The molecule has 0 amide bonds. The van der Waals surface area contributed by atoms with E-state index in [0.717, 1.165) is 6.42 Å². The average Bonchev–Trinajstić information content (AvgIpc) is 1.83. The molecule has 0 saturated carbocycles. The van der Waals surface area contributed by atoms with E-state index in [-0.39, 0.29) is 6.61 Å². The third kappa shape index (κ3) is 9.75. The predicted molar refractivity (Wildman–Crippen MR) is 40.9 cm³/mol. The third-order valence-corrected chi connectivity index (χ3v) is 1.34. The molecule has 0 aromatic rings. The van der Waals surface area contributed by atoms with Gasteiger partial charge in [0.05, 0.1) is 0 Å². The van der Waals surface area contributed by atoms with Crippen LogP contribution < -0.4 is 0 Å². The second-order valence-corrected chi connectivity index (χ2v) is 3.20. The van der Waals surface area contributed by atoms with E-state index < -0.39 is 12.8 Å². The zero-order chi connectivity index (χ0) is 9.61. The van der Waals surface area contributed by atoms with E-state index in [1.54, 1.807) is 0 Å². The number of hydrogen-bond acceptors (Lipinski definition) is 1. The van der Waals surface area contributed by atoms with Gasteiger partial charge in [-0.3, -0.25) is 0 Å². The minimum absolute atomic E-state index is 0.206. The molecule has 74 valence electrons.